The second kappa shape index (κ2) is 2.45. The summed E-state index contributed by atoms with van der Waals surface area (Å²) in [5.74, 6) is -0.191. The van der Waals surface area contributed by atoms with Gasteiger partial charge >= 0.3 is 0 Å². The Labute approximate surface area is 76.2 Å². The lowest BCUT2D eigenvalue weighted by Gasteiger charge is -2.11. The van der Waals surface area contributed by atoms with Crippen LogP contribution in [0.4, 0.5) is 4.39 Å². The Balaban J connectivity index is 2.52. The van der Waals surface area contributed by atoms with Crippen molar-refractivity contribution in [2.45, 2.75) is 25.3 Å². The van der Waals surface area contributed by atoms with Crippen LogP contribution in [0.1, 0.15) is 24.0 Å². The summed E-state index contributed by atoms with van der Waals surface area (Å²) in [6.07, 6.45) is 1.60. The van der Waals surface area contributed by atoms with Crippen LogP contribution in [-0.4, -0.2) is 5.11 Å². The summed E-state index contributed by atoms with van der Waals surface area (Å²) in [6.45, 7) is 1.66. The third kappa shape index (κ3) is 1.29. The number of phenols is 1. The minimum atomic E-state index is -0.519. The quantitative estimate of drug-likeness (QED) is 0.693. The highest BCUT2D eigenvalue weighted by atomic mass is 19.1. The maximum atomic E-state index is 13.4. The van der Waals surface area contributed by atoms with E-state index < -0.39 is 5.54 Å². The first kappa shape index (κ1) is 8.51. The fourth-order valence-corrected chi connectivity index (χ4v) is 1.45. The maximum absolute atomic E-state index is 13.4. The number of hydrogen-bond acceptors (Lipinski definition) is 2. The molecule has 3 N–H and O–H groups in total. The fraction of sp³-hybridized carbons (Fsp3) is 0.400. The molecule has 0 saturated heterocycles. The zero-order valence-electron chi connectivity index (χ0n) is 7.47. The van der Waals surface area contributed by atoms with Crippen LogP contribution < -0.4 is 5.73 Å². The largest absolute Gasteiger partial charge is 0.508 e. The van der Waals surface area contributed by atoms with Crippen LogP contribution in [0.2, 0.25) is 0 Å². The zero-order chi connectivity index (χ0) is 9.64. The lowest BCUT2D eigenvalue weighted by molar-refractivity contribution is 0.464. The Kier molecular flexibility index (Phi) is 1.60. The van der Waals surface area contributed by atoms with Gasteiger partial charge in [-0.15, -0.1) is 0 Å². The van der Waals surface area contributed by atoms with Gasteiger partial charge in [-0.3, -0.25) is 0 Å². The molecule has 0 atom stereocenters. The highest BCUT2D eigenvalue weighted by Crippen LogP contribution is 2.44. The lowest BCUT2D eigenvalue weighted by Crippen LogP contribution is -2.20. The molecule has 2 rings (SSSR count). The number of hydrogen-bond donors (Lipinski definition) is 2. The van der Waals surface area contributed by atoms with Gasteiger partial charge in [-0.1, -0.05) is 0 Å². The molecule has 70 valence electrons. The molecule has 0 spiro atoms. The van der Waals surface area contributed by atoms with Crippen LogP contribution >= 0.6 is 0 Å². The number of nitrogens with two attached hydrogens (primary N) is 1. The molecule has 13 heavy (non-hydrogen) atoms. The molecule has 1 aliphatic rings. The number of phenolic OH excluding ortho intramolecular Hbond substituents is 1. The molecule has 0 heterocycles. The number of aromatic hydroxyl groups is 1. The van der Waals surface area contributed by atoms with E-state index in [1.807, 2.05) is 0 Å². The number of halogens is 1. The molecule has 0 unspecified atom stereocenters. The van der Waals surface area contributed by atoms with E-state index in [0.717, 1.165) is 12.8 Å². The monoisotopic (exact) mass is 181 g/mol. The first-order valence-corrected chi connectivity index (χ1v) is 4.31. The minimum Gasteiger partial charge on any atom is -0.508 e. The van der Waals surface area contributed by atoms with E-state index in [2.05, 4.69) is 0 Å². The average molecular weight is 181 g/mol. The summed E-state index contributed by atoms with van der Waals surface area (Å²) in [5, 5.41) is 9.39. The molecule has 1 fully saturated rings. The van der Waals surface area contributed by atoms with Crippen LogP contribution in [0, 0.1) is 12.7 Å². The Bertz CT molecular complexity index is 358. The van der Waals surface area contributed by atoms with Crippen molar-refractivity contribution in [3.05, 3.63) is 29.1 Å². The smallest absolute Gasteiger partial charge is 0.128 e. The topological polar surface area (TPSA) is 46.2 Å². The van der Waals surface area contributed by atoms with Gasteiger partial charge in [-0.2, -0.15) is 0 Å². The van der Waals surface area contributed by atoms with Crippen molar-refractivity contribution in [2.24, 2.45) is 5.73 Å². The first-order chi connectivity index (χ1) is 6.03. The second-order valence-electron chi connectivity index (χ2n) is 3.77. The van der Waals surface area contributed by atoms with E-state index >= 15 is 0 Å². The zero-order valence-corrected chi connectivity index (χ0v) is 7.47. The Hall–Kier alpha value is -1.09. The summed E-state index contributed by atoms with van der Waals surface area (Å²) in [6, 6.07) is 2.77. The summed E-state index contributed by atoms with van der Waals surface area (Å²) in [7, 11) is 0. The van der Waals surface area contributed by atoms with Crippen molar-refractivity contribution in [3.63, 3.8) is 0 Å². The normalized spacial score (nSPS) is 18.7. The predicted molar refractivity (Wildman–Crippen MR) is 47.9 cm³/mol. The van der Waals surface area contributed by atoms with Crippen molar-refractivity contribution >= 4 is 0 Å². The van der Waals surface area contributed by atoms with Gasteiger partial charge in [0.15, 0.2) is 0 Å². The van der Waals surface area contributed by atoms with Gasteiger partial charge in [0.25, 0.3) is 0 Å². The van der Waals surface area contributed by atoms with Gasteiger partial charge in [0.05, 0.1) is 0 Å². The fourth-order valence-electron chi connectivity index (χ4n) is 1.45. The van der Waals surface area contributed by atoms with Crippen LogP contribution in [-0.2, 0) is 5.54 Å². The molecule has 0 aliphatic heterocycles. The van der Waals surface area contributed by atoms with Crippen LogP contribution in [0.25, 0.3) is 0 Å². The second-order valence-corrected chi connectivity index (χ2v) is 3.77. The highest BCUT2D eigenvalue weighted by molar-refractivity contribution is 5.41. The van der Waals surface area contributed by atoms with Crippen molar-refractivity contribution in [2.75, 3.05) is 0 Å². The molecule has 3 heteroatoms. The molecule has 1 aliphatic carbocycles. The molecular weight excluding hydrogens is 169 g/mol. The Morgan fingerprint density at radius 2 is 2.08 bits per heavy atom. The molecule has 0 aromatic heterocycles. The summed E-state index contributed by atoms with van der Waals surface area (Å²) < 4.78 is 13.4. The third-order valence-corrected chi connectivity index (χ3v) is 2.61. The van der Waals surface area contributed by atoms with Crippen molar-refractivity contribution in [1.29, 1.82) is 0 Å². The van der Waals surface area contributed by atoms with E-state index in [9.17, 15) is 9.50 Å². The van der Waals surface area contributed by atoms with Gasteiger partial charge < -0.3 is 10.8 Å². The van der Waals surface area contributed by atoms with E-state index in [1.54, 1.807) is 6.92 Å². The standard InChI is InChI=1S/C10H12FNO/c1-6-4-8(11)7(5-9(6)13)10(12)2-3-10/h4-5,13H,2-3,12H2,1H3. The van der Waals surface area contributed by atoms with Gasteiger partial charge in [0.2, 0.25) is 0 Å². The van der Waals surface area contributed by atoms with Crippen molar-refractivity contribution < 1.29 is 9.50 Å². The molecular formula is C10H12FNO. The van der Waals surface area contributed by atoms with Gasteiger partial charge in [0, 0.05) is 11.1 Å². The molecule has 0 bridgehead atoms. The minimum absolute atomic E-state index is 0.119. The van der Waals surface area contributed by atoms with Crippen LogP contribution in [0.15, 0.2) is 12.1 Å². The summed E-state index contributed by atoms with van der Waals surface area (Å²) in [5.41, 5.74) is 6.31. The first-order valence-electron chi connectivity index (χ1n) is 4.31. The molecule has 1 aromatic rings. The van der Waals surface area contributed by atoms with Gasteiger partial charge in [-0.25, -0.2) is 4.39 Å². The molecule has 0 amide bonds. The molecule has 1 saturated carbocycles. The Morgan fingerprint density at radius 3 is 2.62 bits per heavy atom. The summed E-state index contributed by atoms with van der Waals surface area (Å²) in [4.78, 5) is 0. The number of benzene rings is 1. The van der Waals surface area contributed by atoms with E-state index in [1.165, 1.54) is 12.1 Å². The lowest BCUT2D eigenvalue weighted by atomic mass is 10.0. The highest BCUT2D eigenvalue weighted by Gasteiger charge is 2.42. The predicted octanol–water partition coefficient (Wildman–Crippen LogP) is 1.79. The number of rotatable bonds is 1. The van der Waals surface area contributed by atoms with Crippen LogP contribution in [0.3, 0.4) is 0 Å². The average Bonchev–Trinajstić information content (AvgIpc) is 2.77. The SMILES string of the molecule is Cc1cc(F)c(C2(N)CC2)cc1O. The third-order valence-electron chi connectivity index (χ3n) is 2.61. The summed E-state index contributed by atoms with van der Waals surface area (Å²) >= 11 is 0. The van der Waals surface area contributed by atoms with Crippen LogP contribution in [0.5, 0.6) is 5.75 Å². The number of aryl methyl sites for hydroxylation is 1. The van der Waals surface area contributed by atoms with E-state index in [0.29, 0.717) is 11.1 Å². The van der Waals surface area contributed by atoms with Gasteiger partial charge in [0.1, 0.15) is 11.6 Å². The van der Waals surface area contributed by atoms with E-state index in [-0.39, 0.29) is 11.6 Å². The van der Waals surface area contributed by atoms with Crippen molar-refractivity contribution in [1.82, 2.24) is 0 Å². The Morgan fingerprint density at radius 1 is 1.46 bits per heavy atom. The maximum Gasteiger partial charge on any atom is 0.128 e. The molecule has 2 nitrogen and oxygen atoms in total. The van der Waals surface area contributed by atoms with E-state index in [4.69, 9.17) is 5.73 Å². The van der Waals surface area contributed by atoms with Crippen molar-refractivity contribution in [3.8, 4) is 5.75 Å². The van der Waals surface area contributed by atoms with Gasteiger partial charge in [-0.05, 0) is 37.5 Å². The molecule has 1 aromatic carbocycles. The molecule has 0 radical (unpaired) electrons.